The molecule has 0 aromatic heterocycles. The van der Waals surface area contributed by atoms with Crippen molar-refractivity contribution in [2.75, 3.05) is 0 Å². The fraction of sp³-hybridized carbons (Fsp3) is 0.769. The van der Waals surface area contributed by atoms with Gasteiger partial charge in [-0.2, -0.15) is 0 Å². The standard InChI is InChI=1S/C13H22O4/c1-9(14)5-8-13(17)11(2,3)10(15)6-7-12(13,4)16/h5,8,10,15-17H,6-7H2,1-4H3. The third-order valence-electron chi connectivity index (χ3n) is 4.10. The third-order valence-corrected chi connectivity index (χ3v) is 4.10. The van der Waals surface area contributed by atoms with Crippen LogP contribution in [0.3, 0.4) is 0 Å². The van der Waals surface area contributed by atoms with Gasteiger partial charge in [-0.1, -0.05) is 13.8 Å². The Balaban J connectivity index is 3.24. The lowest BCUT2D eigenvalue weighted by atomic mass is 9.57. The molecule has 0 saturated heterocycles. The molecule has 0 spiro atoms. The molecule has 0 aliphatic heterocycles. The largest absolute Gasteiger partial charge is 0.392 e. The Bertz CT molecular complexity index is 343. The maximum absolute atomic E-state index is 11.0. The predicted molar refractivity (Wildman–Crippen MR) is 64.4 cm³/mol. The first kappa shape index (κ1) is 14.4. The summed E-state index contributed by atoms with van der Waals surface area (Å²) in [5.41, 5.74) is -3.90. The van der Waals surface area contributed by atoms with Crippen LogP contribution >= 0.6 is 0 Å². The molecule has 3 unspecified atom stereocenters. The van der Waals surface area contributed by atoms with Crippen LogP contribution < -0.4 is 0 Å². The minimum absolute atomic E-state index is 0.204. The van der Waals surface area contributed by atoms with Gasteiger partial charge in [0.2, 0.25) is 0 Å². The van der Waals surface area contributed by atoms with Crippen LogP contribution in [0.5, 0.6) is 0 Å². The fourth-order valence-electron chi connectivity index (χ4n) is 2.55. The Morgan fingerprint density at radius 3 is 2.29 bits per heavy atom. The first-order valence-corrected chi connectivity index (χ1v) is 5.87. The van der Waals surface area contributed by atoms with E-state index in [4.69, 9.17) is 0 Å². The number of hydrogen-bond donors (Lipinski definition) is 3. The van der Waals surface area contributed by atoms with Crippen LogP contribution in [-0.2, 0) is 4.79 Å². The minimum atomic E-state index is -1.62. The van der Waals surface area contributed by atoms with Gasteiger partial charge in [-0.05, 0) is 38.8 Å². The second-order valence-corrected chi connectivity index (χ2v) is 5.76. The van der Waals surface area contributed by atoms with Crippen LogP contribution in [0.4, 0.5) is 0 Å². The van der Waals surface area contributed by atoms with Gasteiger partial charge in [-0.3, -0.25) is 4.79 Å². The first-order chi connectivity index (χ1) is 7.54. The Hall–Kier alpha value is -0.710. The van der Waals surface area contributed by atoms with E-state index >= 15 is 0 Å². The first-order valence-electron chi connectivity index (χ1n) is 5.87. The molecule has 0 bridgehead atoms. The molecule has 3 atom stereocenters. The highest BCUT2D eigenvalue weighted by atomic mass is 16.4. The molecule has 0 radical (unpaired) electrons. The summed E-state index contributed by atoms with van der Waals surface area (Å²) in [4.78, 5) is 11.0. The molecular weight excluding hydrogens is 220 g/mol. The number of allylic oxidation sites excluding steroid dienone is 1. The van der Waals surface area contributed by atoms with Crippen LogP contribution in [0.1, 0.15) is 40.5 Å². The van der Waals surface area contributed by atoms with Crippen molar-refractivity contribution in [2.24, 2.45) is 5.41 Å². The molecule has 17 heavy (non-hydrogen) atoms. The zero-order valence-electron chi connectivity index (χ0n) is 10.9. The monoisotopic (exact) mass is 242 g/mol. The number of aliphatic hydroxyl groups is 3. The molecule has 98 valence electrons. The quantitative estimate of drug-likeness (QED) is 0.626. The number of ketones is 1. The number of aliphatic hydroxyl groups excluding tert-OH is 1. The van der Waals surface area contributed by atoms with E-state index < -0.39 is 22.7 Å². The van der Waals surface area contributed by atoms with Gasteiger partial charge < -0.3 is 15.3 Å². The highest BCUT2D eigenvalue weighted by molar-refractivity contribution is 5.87. The molecular formula is C13H22O4. The predicted octanol–water partition coefficient (Wildman–Crippen LogP) is 0.795. The maximum Gasteiger partial charge on any atom is 0.152 e. The summed E-state index contributed by atoms with van der Waals surface area (Å²) >= 11 is 0. The molecule has 0 heterocycles. The molecule has 0 amide bonds. The summed E-state index contributed by atoms with van der Waals surface area (Å²) < 4.78 is 0. The van der Waals surface area contributed by atoms with Gasteiger partial charge in [-0.25, -0.2) is 0 Å². The fourth-order valence-corrected chi connectivity index (χ4v) is 2.55. The van der Waals surface area contributed by atoms with E-state index in [1.54, 1.807) is 13.8 Å². The molecule has 1 aliphatic rings. The molecule has 0 aromatic rings. The second kappa shape index (κ2) is 4.19. The van der Waals surface area contributed by atoms with Crippen molar-refractivity contribution < 1.29 is 20.1 Å². The summed E-state index contributed by atoms with van der Waals surface area (Å²) in [6.07, 6.45) is 2.56. The van der Waals surface area contributed by atoms with Crippen molar-refractivity contribution >= 4 is 5.78 Å². The average molecular weight is 242 g/mol. The lowest BCUT2D eigenvalue weighted by Crippen LogP contribution is -2.66. The minimum Gasteiger partial charge on any atom is -0.392 e. The number of carbonyl (C=O) groups excluding carboxylic acids is 1. The lowest BCUT2D eigenvalue weighted by Gasteiger charge is -2.55. The Labute approximate surface area is 102 Å². The number of hydrogen-bond acceptors (Lipinski definition) is 4. The van der Waals surface area contributed by atoms with Crippen LogP contribution in [0.2, 0.25) is 0 Å². The molecule has 4 nitrogen and oxygen atoms in total. The number of carbonyl (C=O) groups is 1. The van der Waals surface area contributed by atoms with Crippen LogP contribution in [0.25, 0.3) is 0 Å². The van der Waals surface area contributed by atoms with E-state index in [2.05, 4.69) is 0 Å². The van der Waals surface area contributed by atoms with Gasteiger partial charge in [0, 0.05) is 5.41 Å². The van der Waals surface area contributed by atoms with E-state index in [9.17, 15) is 20.1 Å². The van der Waals surface area contributed by atoms with Gasteiger partial charge in [-0.15, -0.1) is 0 Å². The van der Waals surface area contributed by atoms with Gasteiger partial charge >= 0.3 is 0 Å². The van der Waals surface area contributed by atoms with E-state index in [1.807, 2.05) is 0 Å². The van der Waals surface area contributed by atoms with Gasteiger partial charge in [0.25, 0.3) is 0 Å². The van der Waals surface area contributed by atoms with E-state index in [1.165, 1.54) is 26.0 Å². The van der Waals surface area contributed by atoms with Gasteiger partial charge in [0.05, 0.1) is 11.7 Å². The van der Waals surface area contributed by atoms with Crippen molar-refractivity contribution in [1.82, 2.24) is 0 Å². The molecule has 1 fully saturated rings. The Kier molecular flexibility index (Phi) is 3.54. The van der Waals surface area contributed by atoms with Crippen LogP contribution in [0.15, 0.2) is 12.2 Å². The smallest absolute Gasteiger partial charge is 0.152 e. The van der Waals surface area contributed by atoms with E-state index in [0.717, 1.165) is 0 Å². The summed E-state index contributed by atoms with van der Waals surface area (Å²) in [5.74, 6) is -0.204. The molecule has 3 N–H and O–H groups in total. The zero-order valence-corrected chi connectivity index (χ0v) is 10.9. The topological polar surface area (TPSA) is 77.8 Å². The Morgan fingerprint density at radius 1 is 1.29 bits per heavy atom. The SMILES string of the molecule is CC(=O)C=CC1(O)C(C)(O)CCC(O)C1(C)C. The molecule has 0 aromatic carbocycles. The maximum atomic E-state index is 11.0. The van der Waals surface area contributed by atoms with E-state index in [-0.39, 0.29) is 12.2 Å². The molecule has 1 rings (SSSR count). The highest BCUT2D eigenvalue weighted by Gasteiger charge is 2.59. The highest BCUT2D eigenvalue weighted by Crippen LogP contribution is 2.50. The summed E-state index contributed by atoms with van der Waals surface area (Å²) in [6.45, 7) is 6.29. The Morgan fingerprint density at radius 2 is 1.82 bits per heavy atom. The third kappa shape index (κ3) is 2.17. The molecule has 4 heteroatoms. The summed E-state index contributed by atoms with van der Waals surface area (Å²) in [6, 6.07) is 0. The van der Waals surface area contributed by atoms with Crippen molar-refractivity contribution in [3.05, 3.63) is 12.2 Å². The summed E-state index contributed by atoms with van der Waals surface area (Å²) in [5, 5.41) is 31.0. The zero-order chi connectivity index (χ0) is 13.5. The average Bonchev–Trinajstić information content (AvgIpc) is 2.20. The van der Waals surface area contributed by atoms with Gasteiger partial charge in [0.1, 0.15) is 5.60 Å². The van der Waals surface area contributed by atoms with Crippen LogP contribution in [-0.4, -0.2) is 38.4 Å². The van der Waals surface area contributed by atoms with Gasteiger partial charge in [0.15, 0.2) is 5.78 Å². The lowest BCUT2D eigenvalue weighted by molar-refractivity contribution is -0.228. The van der Waals surface area contributed by atoms with E-state index in [0.29, 0.717) is 6.42 Å². The van der Waals surface area contributed by atoms with Crippen molar-refractivity contribution in [3.63, 3.8) is 0 Å². The van der Waals surface area contributed by atoms with Crippen molar-refractivity contribution in [2.45, 2.75) is 57.8 Å². The molecule has 1 aliphatic carbocycles. The second-order valence-electron chi connectivity index (χ2n) is 5.76. The van der Waals surface area contributed by atoms with Crippen LogP contribution in [0, 0.1) is 5.41 Å². The van der Waals surface area contributed by atoms with Crippen molar-refractivity contribution in [1.29, 1.82) is 0 Å². The molecule has 1 saturated carbocycles. The number of rotatable bonds is 2. The van der Waals surface area contributed by atoms with Crippen molar-refractivity contribution in [3.8, 4) is 0 Å². The summed E-state index contributed by atoms with van der Waals surface area (Å²) in [7, 11) is 0. The normalized spacial score (nSPS) is 41.7.